The molecule has 0 fully saturated rings. The Hall–Kier alpha value is -1.91. The van der Waals surface area contributed by atoms with Crippen molar-refractivity contribution in [3.05, 3.63) is 33.9 Å². The normalized spacial score (nSPS) is 12.6. The van der Waals surface area contributed by atoms with E-state index in [0.717, 1.165) is 0 Å². The molecule has 5 nitrogen and oxygen atoms in total. The quantitative estimate of drug-likeness (QED) is 0.487. The Morgan fingerprint density at radius 1 is 1.41 bits per heavy atom. The minimum Gasteiger partial charge on any atom is -0.508 e. The lowest BCUT2D eigenvalue weighted by atomic mass is 10.1. The zero-order valence-electron chi connectivity index (χ0n) is 10.4. The third kappa shape index (κ3) is 3.55. The number of benzene rings is 1. The minimum atomic E-state index is -0.476. The van der Waals surface area contributed by atoms with Crippen molar-refractivity contribution in [2.45, 2.75) is 33.2 Å². The van der Waals surface area contributed by atoms with E-state index in [9.17, 15) is 15.2 Å². The molecule has 0 aromatic heterocycles. The summed E-state index contributed by atoms with van der Waals surface area (Å²) in [5, 5.41) is 20.3. The fourth-order valence-electron chi connectivity index (χ4n) is 1.54. The molecule has 0 aliphatic carbocycles. The Bertz CT molecular complexity index is 473. The Morgan fingerprint density at radius 2 is 2.00 bits per heavy atom. The van der Waals surface area contributed by atoms with Crippen LogP contribution in [0.5, 0.6) is 5.75 Å². The van der Waals surface area contributed by atoms with Crippen LogP contribution in [0.25, 0.3) is 0 Å². The van der Waals surface area contributed by atoms with Gasteiger partial charge in [0.15, 0.2) is 0 Å². The predicted molar refractivity (Wildman–Crippen MR) is 66.7 cm³/mol. The Kier molecular flexibility index (Phi) is 3.50. The third-order valence-corrected chi connectivity index (χ3v) is 2.07. The molecule has 17 heavy (non-hydrogen) atoms. The van der Waals surface area contributed by atoms with Crippen LogP contribution < -0.4 is 0 Å². The Labute approximate surface area is 100.0 Å². The molecule has 0 amide bonds. The number of aliphatic imine (C=N–C) groups is 1. The number of aromatic hydroxyl groups is 1. The van der Waals surface area contributed by atoms with Crippen molar-refractivity contribution in [1.29, 1.82) is 0 Å². The third-order valence-electron chi connectivity index (χ3n) is 2.07. The van der Waals surface area contributed by atoms with E-state index in [0.29, 0.717) is 11.3 Å². The van der Waals surface area contributed by atoms with E-state index >= 15 is 0 Å². The standard InChI is InChI=1S/C12H16N2O3/c1-8(13-12(2,3)4)10-7-9(15)5-6-11(10)14(16)17/h5-7,15H,1-4H3. The van der Waals surface area contributed by atoms with Crippen LogP contribution in [0.4, 0.5) is 5.69 Å². The van der Waals surface area contributed by atoms with Crippen LogP contribution in [-0.2, 0) is 0 Å². The predicted octanol–water partition coefficient (Wildman–Crippen LogP) is 2.91. The SMILES string of the molecule is CC(=NC(C)(C)C)c1cc(O)ccc1[N+](=O)[O-]. The average molecular weight is 236 g/mol. The second-order valence-electron chi connectivity index (χ2n) is 4.83. The van der Waals surface area contributed by atoms with E-state index in [-0.39, 0.29) is 17.0 Å². The first kappa shape index (κ1) is 13.2. The minimum absolute atomic E-state index is 0.00550. The van der Waals surface area contributed by atoms with Gasteiger partial charge in [0, 0.05) is 11.8 Å². The molecular formula is C12H16N2O3. The summed E-state index contributed by atoms with van der Waals surface area (Å²) >= 11 is 0. The van der Waals surface area contributed by atoms with Crippen LogP contribution in [-0.4, -0.2) is 21.3 Å². The van der Waals surface area contributed by atoms with E-state index in [2.05, 4.69) is 4.99 Å². The van der Waals surface area contributed by atoms with Crippen molar-refractivity contribution in [2.24, 2.45) is 4.99 Å². The van der Waals surface area contributed by atoms with Crippen LogP contribution in [0.15, 0.2) is 23.2 Å². The topological polar surface area (TPSA) is 75.7 Å². The second-order valence-corrected chi connectivity index (χ2v) is 4.83. The molecular weight excluding hydrogens is 220 g/mol. The zero-order chi connectivity index (χ0) is 13.2. The summed E-state index contributed by atoms with van der Waals surface area (Å²) in [4.78, 5) is 14.8. The molecule has 0 radical (unpaired) electrons. The fraction of sp³-hybridized carbons (Fsp3) is 0.417. The maximum atomic E-state index is 10.9. The largest absolute Gasteiger partial charge is 0.508 e. The molecule has 0 atom stereocenters. The molecule has 1 N–H and O–H groups in total. The summed E-state index contributed by atoms with van der Waals surface area (Å²) in [5.41, 5.74) is 0.530. The van der Waals surface area contributed by atoms with Gasteiger partial charge in [0.2, 0.25) is 0 Å². The van der Waals surface area contributed by atoms with E-state index in [1.807, 2.05) is 20.8 Å². The number of hydrogen-bond donors (Lipinski definition) is 1. The zero-order valence-corrected chi connectivity index (χ0v) is 10.4. The summed E-state index contributed by atoms with van der Waals surface area (Å²) in [6, 6.07) is 3.95. The first-order chi connectivity index (χ1) is 7.70. The highest BCUT2D eigenvalue weighted by Gasteiger charge is 2.18. The highest BCUT2D eigenvalue weighted by atomic mass is 16.6. The fourth-order valence-corrected chi connectivity index (χ4v) is 1.54. The molecule has 0 aliphatic rings. The van der Waals surface area contributed by atoms with Crippen molar-refractivity contribution in [2.75, 3.05) is 0 Å². The van der Waals surface area contributed by atoms with Gasteiger partial charge in [-0.15, -0.1) is 0 Å². The van der Waals surface area contributed by atoms with Gasteiger partial charge in [-0.05, 0) is 39.8 Å². The number of nitro groups is 1. The number of phenols is 1. The lowest BCUT2D eigenvalue weighted by Crippen LogP contribution is -2.14. The Balaban J connectivity index is 3.34. The summed E-state index contributed by atoms with van der Waals surface area (Å²) in [6.45, 7) is 7.43. The molecule has 1 aromatic rings. The van der Waals surface area contributed by atoms with Gasteiger partial charge in [0.25, 0.3) is 5.69 Å². The smallest absolute Gasteiger partial charge is 0.278 e. The van der Waals surface area contributed by atoms with Gasteiger partial charge < -0.3 is 5.11 Å². The van der Waals surface area contributed by atoms with Crippen LogP contribution in [0.2, 0.25) is 0 Å². The average Bonchev–Trinajstić information content (AvgIpc) is 2.14. The van der Waals surface area contributed by atoms with Gasteiger partial charge in [-0.2, -0.15) is 0 Å². The maximum Gasteiger partial charge on any atom is 0.278 e. The summed E-state index contributed by atoms with van der Waals surface area (Å²) in [7, 11) is 0. The molecule has 5 heteroatoms. The first-order valence-electron chi connectivity index (χ1n) is 5.25. The maximum absolute atomic E-state index is 10.9. The molecule has 1 rings (SSSR count). The highest BCUT2D eigenvalue weighted by molar-refractivity contribution is 6.02. The summed E-state index contributed by atoms with van der Waals surface area (Å²) in [6.07, 6.45) is 0. The van der Waals surface area contributed by atoms with Gasteiger partial charge in [0.05, 0.1) is 16.0 Å². The molecule has 0 aliphatic heterocycles. The number of phenolic OH excluding ortho intramolecular Hbond substituents is 1. The second kappa shape index (κ2) is 4.53. The van der Waals surface area contributed by atoms with E-state index in [4.69, 9.17) is 0 Å². The van der Waals surface area contributed by atoms with Gasteiger partial charge in [-0.3, -0.25) is 15.1 Å². The van der Waals surface area contributed by atoms with Crippen molar-refractivity contribution in [3.63, 3.8) is 0 Å². The van der Waals surface area contributed by atoms with Crippen LogP contribution >= 0.6 is 0 Å². The number of hydrogen-bond acceptors (Lipinski definition) is 4. The van der Waals surface area contributed by atoms with E-state index in [1.165, 1.54) is 18.2 Å². The van der Waals surface area contributed by atoms with Crippen molar-refractivity contribution >= 4 is 11.4 Å². The lowest BCUT2D eigenvalue weighted by molar-refractivity contribution is -0.385. The summed E-state index contributed by atoms with van der Waals surface area (Å²) < 4.78 is 0. The first-order valence-corrected chi connectivity index (χ1v) is 5.25. The van der Waals surface area contributed by atoms with Gasteiger partial charge in [-0.1, -0.05) is 0 Å². The van der Waals surface area contributed by atoms with E-state index in [1.54, 1.807) is 6.92 Å². The molecule has 0 spiro atoms. The molecule has 0 unspecified atom stereocenters. The van der Waals surface area contributed by atoms with Crippen molar-refractivity contribution < 1.29 is 10.0 Å². The van der Waals surface area contributed by atoms with Crippen LogP contribution in [0.3, 0.4) is 0 Å². The molecule has 0 saturated carbocycles. The lowest BCUT2D eigenvalue weighted by Gasteiger charge is -2.14. The van der Waals surface area contributed by atoms with Gasteiger partial charge in [0.1, 0.15) is 5.75 Å². The summed E-state index contributed by atoms with van der Waals surface area (Å²) in [5.74, 6) is -0.00550. The molecule has 0 saturated heterocycles. The Morgan fingerprint density at radius 3 is 2.47 bits per heavy atom. The molecule has 1 aromatic carbocycles. The van der Waals surface area contributed by atoms with Crippen LogP contribution in [0, 0.1) is 10.1 Å². The molecule has 92 valence electrons. The van der Waals surface area contributed by atoms with Crippen LogP contribution in [0.1, 0.15) is 33.3 Å². The highest BCUT2D eigenvalue weighted by Crippen LogP contribution is 2.25. The number of nitrogens with zero attached hydrogens (tertiary/aromatic N) is 2. The molecule has 0 bridgehead atoms. The van der Waals surface area contributed by atoms with E-state index < -0.39 is 4.92 Å². The van der Waals surface area contributed by atoms with Crippen molar-refractivity contribution in [3.8, 4) is 5.75 Å². The number of rotatable bonds is 2. The van der Waals surface area contributed by atoms with Gasteiger partial charge in [-0.25, -0.2) is 0 Å². The van der Waals surface area contributed by atoms with Gasteiger partial charge >= 0.3 is 0 Å². The number of nitro benzene ring substituents is 1. The molecule has 0 heterocycles. The monoisotopic (exact) mass is 236 g/mol. The van der Waals surface area contributed by atoms with Crippen molar-refractivity contribution in [1.82, 2.24) is 0 Å².